The van der Waals surface area contributed by atoms with Gasteiger partial charge < -0.3 is 10.2 Å². The molecule has 1 aromatic rings. The summed E-state index contributed by atoms with van der Waals surface area (Å²) >= 11 is 6.00. The second kappa shape index (κ2) is 7.83. The van der Waals surface area contributed by atoms with Crippen molar-refractivity contribution in [1.82, 2.24) is 10.2 Å². The van der Waals surface area contributed by atoms with Crippen molar-refractivity contribution in [1.29, 1.82) is 0 Å². The molecule has 1 unspecified atom stereocenters. The molecule has 19 heavy (non-hydrogen) atoms. The molecular formula is C15H24ClFN2. The minimum absolute atomic E-state index is 0.292. The van der Waals surface area contributed by atoms with Crippen LogP contribution in [0.5, 0.6) is 0 Å². The summed E-state index contributed by atoms with van der Waals surface area (Å²) in [5.41, 5.74) is 0.935. The Morgan fingerprint density at radius 3 is 2.53 bits per heavy atom. The van der Waals surface area contributed by atoms with Crippen LogP contribution in [0, 0.1) is 11.7 Å². The number of hydrogen-bond donors (Lipinski definition) is 1. The predicted molar refractivity (Wildman–Crippen MR) is 80.0 cm³/mol. The normalized spacial score (nSPS) is 13.3. The second-order valence-corrected chi connectivity index (χ2v) is 6.02. The Labute approximate surface area is 120 Å². The van der Waals surface area contributed by atoms with Crippen LogP contribution in [-0.2, 0) is 6.54 Å². The Kier molecular flexibility index (Phi) is 6.76. The van der Waals surface area contributed by atoms with Gasteiger partial charge in [-0.25, -0.2) is 4.39 Å². The van der Waals surface area contributed by atoms with E-state index in [9.17, 15) is 4.39 Å². The Hall–Kier alpha value is -0.640. The van der Waals surface area contributed by atoms with Crippen molar-refractivity contribution >= 4 is 11.6 Å². The fourth-order valence-electron chi connectivity index (χ4n) is 2.06. The van der Waals surface area contributed by atoms with Gasteiger partial charge in [0.25, 0.3) is 0 Å². The maximum absolute atomic E-state index is 12.9. The first kappa shape index (κ1) is 16.4. The van der Waals surface area contributed by atoms with Crippen molar-refractivity contribution in [3.8, 4) is 0 Å². The van der Waals surface area contributed by atoms with Crippen molar-refractivity contribution in [3.63, 3.8) is 0 Å². The molecule has 0 bridgehead atoms. The van der Waals surface area contributed by atoms with E-state index in [1.807, 2.05) is 0 Å². The third-order valence-electron chi connectivity index (χ3n) is 3.18. The van der Waals surface area contributed by atoms with Gasteiger partial charge in [0.15, 0.2) is 0 Å². The zero-order valence-electron chi connectivity index (χ0n) is 12.2. The zero-order valence-corrected chi connectivity index (χ0v) is 13.0. The lowest BCUT2D eigenvalue weighted by Crippen LogP contribution is -2.38. The topological polar surface area (TPSA) is 15.3 Å². The van der Waals surface area contributed by atoms with Crippen molar-refractivity contribution in [3.05, 3.63) is 34.6 Å². The van der Waals surface area contributed by atoms with Gasteiger partial charge in [0, 0.05) is 24.2 Å². The first-order chi connectivity index (χ1) is 8.90. The van der Waals surface area contributed by atoms with Crippen LogP contribution in [0.1, 0.15) is 25.8 Å². The first-order valence-electron chi connectivity index (χ1n) is 6.71. The number of benzene rings is 1. The third-order valence-corrected chi connectivity index (χ3v) is 3.54. The van der Waals surface area contributed by atoms with Crippen molar-refractivity contribution in [2.75, 3.05) is 20.6 Å². The van der Waals surface area contributed by atoms with E-state index in [1.165, 1.54) is 12.1 Å². The molecule has 1 aromatic carbocycles. The van der Waals surface area contributed by atoms with E-state index in [4.69, 9.17) is 11.6 Å². The van der Waals surface area contributed by atoms with Crippen LogP contribution in [0.3, 0.4) is 0 Å². The number of likely N-dealkylation sites (N-methyl/N-ethyl adjacent to an activating group) is 1. The SMILES string of the molecule is CC(C)CC(CNCc1ccc(F)cc1Cl)N(C)C. The van der Waals surface area contributed by atoms with E-state index >= 15 is 0 Å². The van der Waals surface area contributed by atoms with Gasteiger partial charge in [-0.05, 0) is 44.1 Å². The van der Waals surface area contributed by atoms with E-state index in [-0.39, 0.29) is 5.82 Å². The fraction of sp³-hybridized carbons (Fsp3) is 0.600. The summed E-state index contributed by atoms with van der Waals surface area (Å²) in [5.74, 6) is 0.378. The van der Waals surface area contributed by atoms with Crippen LogP contribution >= 0.6 is 11.6 Å². The number of hydrogen-bond acceptors (Lipinski definition) is 2. The molecule has 0 aromatic heterocycles. The minimum atomic E-state index is -0.292. The van der Waals surface area contributed by atoms with Crippen LogP contribution in [0.15, 0.2) is 18.2 Å². The standard InChI is InChI=1S/C15H24ClFN2/c1-11(2)7-14(19(3)4)10-18-9-12-5-6-13(17)8-15(12)16/h5-6,8,11,14,18H,7,9-10H2,1-4H3. The molecule has 1 rings (SSSR count). The Balaban J connectivity index is 2.47. The molecule has 0 radical (unpaired) electrons. The average molecular weight is 287 g/mol. The van der Waals surface area contributed by atoms with Gasteiger partial charge in [0.1, 0.15) is 5.82 Å². The number of nitrogens with zero attached hydrogens (tertiary/aromatic N) is 1. The highest BCUT2D eigenvalue weighted by Gasteiger charge is 2.13. The lowest BCUT2D eigenvalue weighted by molar-refractivity contribution is 0.246. The molecule has 4 heteroatoms. The second-order valence-electron chi connectivity index (χ2n) is 5.61. The molecule has 0 saturated carbocycles. The van der Waals surface area contributed by atoms with E-state index < -0.39 is 0 Å². The molecule has 2 nitrogen and oxygen atoms in total. The van der Waals surface area contributed by atoms with Gasteiger partial charge in [-0.3, -0.25) is 0 Å². The van der Waals surface area contributed by atoms with Crippen molar-refractivity contribution < 1.29 is 4.39 Å². The van der Waals surface area contributed by atoms with Gasteiger partial charge in [-0.1, -0.05) is 31.5 Å². The smallest absolute Gasteiger partial charge is 0.124 e. The largest absolute Gasteiger partial charge is 0.311 e. The summed E-state index contributed by atoms with van der Waals surface area (Å²) in [6.07, 6.45) is 1.15. The summed E-state index contributed by atoms with van der Waals surface area (Å²) < 4.78 is 12.9. The number of nitrogens with one attached hydrogen (secondary N) is 1. The average Bonchev–Trinajstić information content (AvgIpc) is 2.29. The molecule has 0 aliphatic carbocycles. The molecule has 0 spiro atoms. The van der Waals surface area contributed by atoms with Gasteiger partial charge in [-0.15, -0.1) is 0 Å². The van der Waals surface area contributed by atoms with E-state index in [0.29, 0.717) is 23.5 Å². The number of rotatable bonds is 7. The molecule has 0 heterocycles. The molecule has 0 aliphatic heterocycles. The molecule has 108 valence electrons. The van der Waals surface area contributed by atoms with Gasteiger partial charge in [0.05, 0.1) is 0 Å². The van der Waals surface area contributed by atoms with Crippen LogP contribution < -0.4 is 5.32 Å². The summed E-state index contributed by atoms with van der Waals surface area (Å²) in [4.78, 5) is 2.24. The molecule has 0 aliphatic rings. The highest BCUT2D eigenvalue weighted by molar-refractivity contribution is 6.31. The first-order valence-corrected chi connectivity index (χ1v) is 7.09. The summed E-state index contributed by atoms with van der Waals surface area (Å²) in [6.45, 7) is 6.03. The van der Waals surface area contributed by atoms with Crippen LogP contribution in [-0.4, -0.2) is 31.6 Å². The lowest BCUT2D eigenvalue weighted by Gasteiger charge is -2.26. The summed E-state index contributed by atoms with van der Waals surface area (Å²) in [5, 5.41) is 3.88. The molecule has 1 N–H and O–H groups in total. The highest BCUT2D eigenvalue weighted by Crippen LogP contribution is 2.17. The van der Waals surface area contributed by atoms with Crippen molar-refractivity contribution in [2.45, 2.75) is 32.9 Å². The molecule has 0 saturated heterocycles. The lowest BCUT2D eigenvalue weighted by atomic mass is 10.0. The quantitative estimate of drug-likeness (QED) is 0.825. The monoisotopic (exact) mass is 286 g/mol. The molecule has 1 atom stereocenters. The maximum Gasteiger partial charge on any atom is 0.124 e. The minimum Gasteiger partial charge on any atom is -0.311 e. The van der Waals surface area contributed by atoms with E-state index in [1.54, 1.807) is 6.07 Å². The van der Waals surface area contributed by atoms with E-state index in [0.717, 1.165) is 18.5 Å². The van der Waals surface area contributed by atoms with E-state index in [2.05, 4.69) is 38.2 Å². The van der Waals surface area contributed by atoms with Crippen LogP contribution in [0.2, 0.25) is 5.02 Å². The van der Waals surface area contributed by atoms with Gasteiger partial charge in [-0.2, -0.15) is 0 Å². The summed E-state index contributed by atoms with van der Waals surface area (Å²) in [7, 11) is 4.19. The Bertz CT molecular complexity index is 394. The van der Waals surface area contributed by atoms with Gasteiger partial charge >= 0.3 is 0 Å². The molecule has 0 fully saturated rings. The van der Waals surface area contributed by atoms with Crippen LogP contribution in [0.25, 0.3) is 0 Å². The zero-order chi connectivity index (χ0) is 14.4. The van der Waals surface area contributed by atoms with Gasteiger partial charge in [0.2, 0.25) is 0 Å². The Morgan fingerprint density at radius 1 is 1.32 bits per heavy atom. The third kappa shape index (κ3) is 5.89. The highest BCUT2D eigenvalue weighted by atomic mass is 35.5. The van der Waals surface area contributed by atoms with Crippen LogP contribution in [0.4, 0.5) is 4.39 Å². The fourth-order valence-corrected chi connectivity index (χ4v) is 2.29. The number of halogens is 2. The molecule has 0 amide bonds. The van der Waals surface area contributed by atoms with Crippen molar-refractivity contribution in [2.24, 2.45) is 5.92 Å². The predicted octanol–water partition coefficient (Wildman–Crippen LogP) is 3.55. The maximum atomic E-state index is 12.9. The molecular weight excluding hydrogens is 263 g/mol. The summed E-state index contributed by atoms with van der Waals surface area (Å²) in [6, 6.07) is 5.04. The Morgan fingerprint density at radius 2 is 2.00 bits per heavy atom.